The van der Waals surface area contributed by atoms with Crippen LogP contribution in [0.3, 0.4) is 0 Å². The molecule has 102 valence electrons. The van der Waals surface area contributed by atoms with Crippen LogP contribution in [0.5, 0.6) is 0 Å². The molecule has 4 heteroatoms. The van der Waals surface area contributed by atoms with Crippen molar-refractivity contribution in [1.29, 1.82) is 0 Å². The predicted octanol–water partition coefficient (Wildman–Crippen LogP) is 1.82. The molecule has 0 aromatic heterocycles. The van der Waals surface area contributed by atoms with E-state index < -0.39 is 0 Å². The Hall–Kier alpha value is 0.230. The fraction of sp³-hybridized carbons (Fsp3) is 1.00. The molecule has 0 spiro atoms. The van der Waals surface area contributed by atoms with Gasteiger partial charge in [0.1, 0.15) is 0 Å². The highest BCUT2D eigenvalue weighted by molar-refractivity contribution is 7.99. The molecule has 0 aromatic rings. The zero-order chi connectivity index (χ0) is 12.5. The monoisotopic (exact) mass is 260 g/mol. The average Bonchev–Trinajstić information content (AvgIpc) is 3.14. The van der Waals surface area contributed by atoms with Crippen molar-refractivity contribution in [3.05, 3.63) is 0 Å². The van der Waals surface area contributed by atoms with Gasteiger partial charge in [-0.05, 0) is 43.7 Å². The maximum absolute atomic E-state index is 5.83. The molecule has 2 N–H and O–H groups in total. The lowest BCUT2D eigenvalue weighted by Crippen LogP contribution is -2.40. The summed E-state index contributed by atoms with van der Waals surface area (Å²) in [6.07, 6.45) is 3.93. The van der Waals surface area contributed by atoms with Crippen LogP contribution < -0.4 is 5.73 Å². The first-order chi connectivity index (χ1) is 8.27. The van der Waals surface area contributed by atoms with Crippen molar-refractivity contribution >= 4 is 11.8 Å². The van der Waals surface area contributed by atoms with Crippen molar-refractivity contribution in [1.82, 2.24) is 4.90 Å². The van der Waals surface area contributed by atoms with E-state index in [4.69, 9.17) is 10.5 Å². The smallest absolute Gasteiger partial charge is 0.0593 e. The van der Waals surface area contributed by atoms with E-state index in [1.54, 1.807) is 0 Å². The van der Waals surface area contributed by atoms with Crippen LogP contribution in [0.1, 0.15) is 26.2 Å². The maximum Gasteiger partial charge on any atom is 0.0593 e. The molecular weight excluding hydrogens is 232 g/mol. The van der Waals surface area contributed by atoms with Crippen LogP contribution >= 0.6 is 11.8 Å². The third kappa shape index (κ3) is 7.29. The Balaban J connectivity index is 2.02. The highest BCUT2D eigenvalue weighted by Crippen LogP contribution is 2.28. The number of ether oxygens (including phenoxy) is 1. The molecule has 1 aliphatic carbocycles. The Bertz CT molecular complexity index is 188. The molecule has 0 radical (unpaired) electrons. The van der Waals surface area contributed by atoms with E-state index in [1.807, 2.05) is 11.8 Å². The van der Waals surface area contributed by atoms with Gasteiger partial charge >= 0.3 is 0 Å². The van der Waals surface area contributed by atoms with Gasteiger partial charge in [-0.15, -0.1) is 0 Å². The number of hydrogen-bond acceptors (Lipinski definition) is 4. The minimum absolute atomic E-state index is 0.513. The van der Waals surface area contributed by atoms with Gasteiger partial charge in [-0.1, -0.05) is 6.92 Å². The van der Waals surface area contributed by atoms with Crippen molar-refractivity contribution in [2.24, 2.45) is 11.7 Å². The lowest BCUT2D eigenvalue weighted by molar-refractivity contribution is 0.0918. The molecule has 0 bridgehead atoms. The number of nitrogens with zero attached hydrogens (tertiary/aromatic N) is 1. The molecule has 0 aliphatic heterocycles. The van der Waals surface area contributed by atoms with E-state index in [9.17, 15) is 0 Å². The molecule has 17 heavy (non-hydrogen) atoms. The standard InChI is InChI=1S/C13H28N2OS/c1-3-17-9-6-13(10-14)15(2)7-8-16-11-12-4-5-12/h12-13H,3-11,14H2,1-2H3. The summed E-state index contributed by atoms with van der Waals surface area (Å²) in [4.78, 5) is 2.35. The summed E-state index contributed by atoms with van der Waals surface area (Å²) >= 11 is 2.00. The largest absolute Gasteiger partial charge is 0.380 e. The van der Waals surface area contributed by atoms with Crippen molar-refractivity contribution in [2.45, 2.75) is 32.2 Å². The normalized spacial score (nSPS) is 17.6. The molecule has 1 rings (SSSR count). The highest BCUT2D eigenvalue weighted by atomic mass is 32.2. The zero-order valence-electron chi connectivity index (χ0n) is 11.4. The summed E-state index contributed by atoms with van der Waals surface area (Å²) in [5.41, 5.74) is 5.83. The average molecular weight is 260 g/mol. The summed E-state index contributed by atoms with van der Waals surface area (Å²) in [5, 5.41) is 0. The lowest BCUT2D eigenvalue weighted by atomic mass is 10.2. The van der Waals surface area contributed by atoms with Crippen LogP contribution in [0, 0.1) is 5.92 Å². The number of hydrogen-bond donors (Lipinski definition) is 1. The predicted molar refractivity (Wildman–Crippen MR) is 76.6 cm³/mol. The maximum atomic E-state index is 5.83. The second-order valence-corrected chi connectivity index (χ2v) is 6.27. The van der Waals surface area contributed by atoms with Crippen LogP contribution in [-0.4, -0.2) is 55.8 Å². The van der Waals surface area contributed by atoms with Gasteiger partial charge in [0.05, 0.1) is 6.61 Å². The van der Waals surface area contributed by atoms with Crippen LogP contribution in [0.25, 0.3) is 0 Å². The molecule has 0 heterocycles. The van der Waals surface area contributed by atoms with Gasteiger partial charge in [-0.25, -0.2) is 0 Å². The Labute approximate surface area is 110 Å². The van der Waals surface area contributed by atoms with E-state index in [2.05, 4.69) is 18.9 Å². The number of rotatable bonds is 11. The van der Waals surface area contributed by atoms with E-state index in [0.29, 0.717) is 6.04 Å². The van der Waals surface area contributed by atoms with Gasteiger partial charge < -0.3 is 10.5 Å². The molecule has 1 fully saturated rings. The van der Waals surface area contributed by atoms with Gasteiger partial charge in [0, 0.05) is 25.7 Å². The Morgan fingerprint density at radius 3 is 2.82 bits per heavy atom. The van der Waals surface area contributed by atoms with Crippen LogP contribution in [0.4, 0.5) is 0 Å². The summed E-state index contributed by atoms with van der Waals surface area (Å²) in [5.74, 6) is 3.28. The Morgan fingerprint density at radius 2 is 2.24 bits per heavy atom. The second kappa shape index (κ2) is 9.20. The molecule has 1 unspecified atom stereocenters. The van der Waals surface area contributed by atoms with E-state index in [-0.39, 0.29) is 0 Å². The Morgan fingerprint density at radius 1 is 1.47 bits per heavy atom. The topological polar surface area (TPSA) is 38.5 Å². The summed E-state index contributed by atoms with van der Waals surface area (Å²) < 4.78 is 5.66. The molecule has 1 aliphatic rings. The molecule has 1 atom stereocenters. The first-order valence-electron chi connectivity index (χ1n) is 6.83. The summed E-state index contributed by atoms with van der Waals surface area (Å²) in [6.45, 7) is 5.78. The fourth-order valence-electron chi connectivity index (χ4n) is 1.81. The number of likely N-dealkylation sites (N-methyl/N-ethyl adjacent to an activating group) is 1. The summed E-state index contributed by atoms with van der Waals surface area (Å²) in [7, 11) is 2.16. The van der Waals surface area contributed by atoms with Crippen molar-refractivity contribution in [2.75, 3.05) is 44.9 Å². The number of thioether (sulfide) groups is 1. The molecule has 1 saturated carbocycles. The Kier molecular flexibility index (Phi) is 8.27. The van der Waals surface area contributed by atoms with Gasteiger partial charge in [0.15, 0.2) is 0 Å². The van der Waals surface area contributed by atoms with E-state index in [1.165, 1.54) is 30.8 Å². The molecular formula is C13H28N2OS. The van der Waals surface area contributed by atoms with Crippen molar-refractivity contribution < 1.29 is 4.74 Å². The molecule has 0 saturated heterocycles. The highest BCUT2D eigenvalue weighted by Gasteiger charge is 2.21. The van der Waals surface area contributed by atoms with Crippen molar-refractivity contribution in [3.63, 3.8) is 0 Å². The summed E-state index contributed by atoms with van der Waals surface area (Å²) in [6, 6.07) is 0.513. The molecule has 0 amide bonds. The van der Waals surface area contributed by atoms with Crippen LogP contribution in [-0.2, 0) is 4.74 Å². The van der Waals surface area contributed by atoms with E-state index >= 15 is 0 Å². The third-order valence-electron chi connectivity index (χ3n) is 3.33. The fourth-order valence-corrected chi connectivity index (χ4v) is 2.53. The minimum Gasteiger partial charge on any atom is -0.380 e. The zero-order valence-corrected chi connectivity index (χ0v) is 12.2. The molecule has 0 aromatic carbocycles. The quantitative estimate of drug-likeness (QED) is 0.575. The van der Waals surface area contributed by atoms with Gasteiger partial charge in [-0.3, -0.25) is 4.90 Å². The van der Waals surface area contributed by atoms with Gasteiger partial charge in [-0.2, -0.15) is 11.8 Å². The SMILES string of the molecule is CCSCCC(CN)N(C)CCOCC1CC1. The molecule has 3 nitrogen and oxygen atoms in total. The second-order valence-electron chi connectivity index (χ2n) is 4.87. The third-order valence-corrected chi connectivity index (χ3v) is 4.27. The van der Waals surface area contributed by atoms with Crippen molar-refractivity contribution in [3.8, 4) is 0 Å². The first kappa shape index (κ1) is 15.3. The lowest BCUT2D eigenvalue weighted by Gasteiger charge is -2.26. The van der Waals surface area contributed by atoms with Gasteiger partial charge in [0.2, 0.25) is 0 Å². The van der Waals surface area contributed by atoms with E-state index in [0.717, 1.165) is 32.2 Å². The first-order valence-corrected chi connectivity index (χ1v) is 7.99. The van der Waals surface area contributed by atoms with Crippen LogP contribution in [0.15, 0.2) is 0 Å². The van der Waals surface area contributed by atoms with Crippen LogP contribution in [0.2, 0.25) is 0 Å². The van der Waals surface area contributed by atoms with Gasteiger partial charge in [0.25, 0.3) is 0 Å². The number of nitrogens with two attached hydrogens (primary N) is 1. The minimum atomic E-state index is 0.513.